The molecule has 2 aliphatic heterocycles. The summed E-state index contributed by atoms with van der Waals surface area (Å²) >= 11 is 0. The fraction of sp³-hybridized carbons (Fsp3) is 0.545. The number of ether oxygens (including phenoxy) is 4. The van der Waals surface area contributed by atoms with Crippen molar-refractivity contribution in [1.29, 1.82) is 0 Å². The number of pyridine rings is 1. The number of amides is 1. The lowest BCUT2D eigenvalue weighted by Gasteiger charge is -2.47. The Labute approximate surface area is 181 Å². The number of rotatable bonds is 5. The summed E-state index contributed by atoms with van der Waals surface area (Å²) in [6.45, 7) is 8.40. The SMILES string of the molecule is Cc1ncccc1Oc1ncnc(OC2CC3COCC(C2)N3C(=O)OC(C)C)c1C. The van der Waals surface area contributed by atoms with Gasteiger partial charge in [0.2, 0.25) is 11.8 Å². The number of fused-ring (bicyclic) bond motifs is 2. The third kappa shape index (κ3) is 4.71. The first kappa shape index (κ1) is 21.3. The van der Waals surface area contributed by atoms with Crippen LogP contribution < -0.4 is 9.47 Å². The van der Waals surface area contributed by atoms with Gasteiger partial charge in [0, 0.05) is 19.0 Å². The van der Waals surface area contributed by atoms with Crippen molar-refractivity contribution in [1.82, 2.24) is 19.9 Å². The maximum atomic E-state index is 12.6. The van der Waals surface area contributed by atoms with E-state index in [1.165, 1.54) is 6.33 Å². The summed E-state index contributed by atoms with van der Waals surface area (Å²) in [5.41, 5.74) is 1.49. The fourth-order valence-electron chi connectivity index (χ4n) is 4.00. The number of carbonyl (C=O) groups excluding carboxylic acids is 1. The van der Waals surface area contributed by atoms with Crippen molar-refractivity contribution in [3.63, 3.8) is 0 Å². The topological polar surface area (TPSA) is 95.9 Å². The van der Waals surface area contributed by atoms with E-state index in [0.29, 0.717) is 49.1 Å². The molecular formula is C22H28N4O5. The molecule has 2 unspecified atom stereocenters. The van der Waals surface area contributed by atoms with Crippen molar-refractivity contribution in [2.24, 2.45) is 0 Å². The Morgan fingerprint density at radius 2 is 1.84 bits per heavy atom. The van der Waals surface area contributed by atoms with E-state index in [9.17, 15) is 4.79 Å². The number of hydrogen-bond acceptors (Lipinski definition) is 8. The summed E-state index contributed by atoms with van der Waals surface area (Å²) in [6.07, 6.45) is 3.90. The lowest BCUT2D eigenvalue weighted by molar-refractivity contribution is -0.0934. The minimum atomic E-state index is -0.285. The van der Waals surface area contributed by atoms with Crippen molar-refractivity contribution in [3.8, 4) is 17.5 Å². The van der Waals surface area contributed by atoms with Crippen molar-refractivity contribution in [2.75, 3.05) is 13.2 Å². The predicted octanol–water partition coefficient (Wildman–Crippen LogP) is 3.44. The summed E-state index contributed by atoms with van der Waals surface area (Å²) in [5.74, 6) is 1.55. The van der Waals surface area contributed by atoms with Gasteiger partial charge in [-0.15, -0.1) is 0 Å². The normalized spacial score (nSPS) is 22.9. The van der Waals surface area contributed by atoms with E-state index in [1.54, 1.807) is 6.20 Å². The van der Waals surface area contributed by atoms with Crippen LogP contribution >= 0.6 is 0 Å². The molecule has 1 amide bonds. The van der Waals surface area contributed by atoms with E-state index in [4.69, 9.17) is 18.9 Å². The van der Waals surface area contributed by atoms with Gasteiger partial charge in [-0.05, 0) is 39.8 Å². The molecule has 9 heteroatoms. The molecule has 4 rings (SSSR count). The van der Waals surface area contributed by atoms with E-state index in [1.807, 2.05) is 44.7 Å². The lowest BCUT2D eigenvalue weighted by Crippen LogP contribution is -2.61. The van der Waals surface area contributed by atoms with Crippen LogP contribution in [0.15, 0.2) is 24.7 Å². The summed E-state index contributed by atoms with van der Waals surface area (Å²) in [6, 6.07) is 3.49. The molecule has 166 valence electrons. The lowest BCUT2D eigenvalue weighted by atomic mass is 9.92. The van der Waals surface area contributed by atoms with Gasteiger partial charge in [-0.25, -0.2) is 14.8 Å². The van der Waals surface area contributed by atoms with Crippen molar-refractivity contribution >= 4 is 6.09 Å². The Morgan fingerprint density at radius 1 is 1.13 bits per heavy atom. The van der Waals surface area contributed by atoms with E-state index < -0.39 is 0 Å². The Hall–Kier alpha value is -2.94. The van der Waals surface area contributed by atoms with Gasteiger partial charge in [-0.3, -0.25) is 9.88 Å². The molecule has 0 radical (unpaired) electrons. The van der Waals surface area contributed by atoms with Gasteiger partial charge >= 0.3 is 6.09 Å². The van der Waals surface area contributed by atoms with Crippen LogP contribution in [0, 0.1) is 13.8 Å². The Bertz CT molecular complexity index is 924. The van der Waals surface area contributed by atoms with Crippen LogP contribution in [0.1, 0.15) is 37.9 Å². The van der Waals surface area contributed by atoms with Gasteiger partial charge in [0.05, 0.1) is 42.7 Å². The number of piperidine rings is 1. The highest BCUT2D eigenvalue weighted by atomic mass is 16.6. The van der Waals surface area contributed by atoms with Gasteiger partial charge in [0.25, 0.3) is 0 Å². The van der Waals surface area contributed by atoms with Gasteiger partial charge < -0.3 is 18.9 Å². The molecule has 9 nitrogen and oxygen atoms in total. The van der Waals surface area contributed by atoms with Crippen LogP contribution in [0.4, 0.5) is 4.79 Å². The highest BCUT2D eigenvalue weighted by Gasteiger charge is 2.43. The highest BCUT2D eigenvalue weighted by molar-refractivity contribution is 5.69. The number of carbonyl (C=O) groups is 1. The zero-order valence-corrected chi connectivity index (χ0v) is 18.3. The summed E-state index contributed by atoms with van der Waals surface area (Å²) in [4.78, 5) is 27.2. The minimum absolute atomic E-state index is 0.0837. The first-order valence-electron chi connectivity index (χ1n) is 10.6. The molecule has 2 bridgehead atoms. The third-order valence-corrected chi connectivity index (χ3v) is 5.46. The maximum absolute atomic E-state index is 12.6. The van der Waals surface area contributed by atoms with Crippen molar-refractivity contribution < 1.29 is 23.7 Å². The Balaban J connectivity index is 1.47. The second-order valence-corrected chi connectivity index (χ2v) is 8.19. The number of nitrogens with zero attached hydrogens (tertiary/aromatic N) is 4. The Morgan fingerprint density at radius 3 is 2.52 bits per heavy atom. The average Bonchev–Trinajstić information content (AvgIpc) is 2.71. The zero-order chi connectivity index (χ0) is 22.0. The van der Waals surface area contributed by atoms with E-state index in [0.717, 1.165) is 5.69 Å². The Kier molecular flexibility index (Phi) is 6.22. The number of morpholine rings is 1. The van der Waals surface area contributed by atoms with E-state index in [-0.39, 0.29) is 30.4 Å². The van der Waals surface area contributed by atoms with E-state index >= 15 is 0 Å². The predicted molar refractivity (Wildman–Crippen MR) is 111 cm³/mol. The third-order valence-electron chi connectivity index (χ3n) is 5.46. The monoisotopic (exact) mass is 428 g/mol. The molecule has 2 aliphatic rings. The molecule has 4 heterocycles. The van der Waals surface area contributed by atoms with E-state index in [2.05, 4.69) is 15.0 Å². The molecule has 2 aromatic rings. The minimum Gasteiger partial charge on any atom is -0.474 e. The van der Waals surface area contributed by atoms with Crippen LogP contribution in [-0.4, -0.2) is 63.5 Å². The molecule has 2 atom stereocenters. The summed E-state index contributed by atoms with van der Waals surface area (Å²) in [5, 5.41) is 0. The second kappa shape index (κ2) is 9.05. The van der Waals surface area contributed by atoms with Gasteiger partial charge in [-0.2, -0.15) is 0 Å². The highest BCUT2D eigenvalue weighted by Crippen LogP contribution is 2.33. The number of hydrogen-bond donors (Lipinski definition) is 0. The molecule has 2 saturated heterocycles. The van der Waals surface area contributed by atoms with Crippen LogP contribution in [0.3, 0.4) is 0 Å². The van der Waals surface area contributed by atoms with Crippen LogP contribution in [0.25, 0.3) is 0 Å². The molecule has 0 aromatic carbocycles. The molecule has 0 saturated carbocycles. The number of aryl methyl sites for hydroxylation is 1. The molecule has 0 aliphatic carbocycles. The largest absolute Gasteiger partial charge is 0.474 e. The van der Waals surface area contributed by atoms with Crippen molar-refractivity contribution in [3.05, 3.63) is 35.9 Å². The summed E-state index contributed by atoms with van der Waals surface area (Å²) in [7, 11) is 0. The first-order valence-corrected chi connectivity index (χ1v) is 10.6. The second-order valence-electron chi connectivity index (χ2n) is 8.19. The molecule has 2 fully saturated rings. The molecular weight excluding hydrogens is 400 g/mol. The fourth-order valence-corrected chi connectivity index (χ4v) is 4.00. The van der Waals surface area contributed by atoms with Crippen LogP contribution in [0.2, 0.25) is 0 Å². The quantitative estimate of drug-likeness (QED) is 0.715. The smallest absolute Gasteiger partial charge is 0.410 e. The van der Waals surface area contributed by atoms with Crippen molar-refractivity contribution in [2.45, 2.75) is 64.8 Å². The maximum Gasteiger partial charge on any atom is 0.410 e. The first-order chi connectivity index (χ1) is 14.9. The van der Waals surface area contributed by atoms with Crippen LogP contribution in [0.5, 0.6) is 17.5 Å². The average molecular weight is 428 g/mol. The van der Waals surface area contributed by atoms with Gasteiger partial charge in [-0.1, -0.05) is 0 Å². The molecule has 31 heavy (non-hydrogen) atoms. The zero-order valence-electron chi connectivity index (χ0n) is 18.3. The van der Waals surface area contributed by atoms with Gasteiger partial charge in [0.15, 0.2) is 5.75 Å². The van der Waals surface area contributed by atoms with Crippen LogP contribution in [-0.2, 0) is 9.47 Å². The molecule has 2 aromatic heterocycles. The standard InChI is InChI=1S/C22H28N4O5/c1-13(2)29-22(27)26-16-8-18(9-17(26)11-28-10-16)30-20-14(3)21(25-12-24-20)31-19-6-5-7-23-15(19)4/h5-7,12-13,16-18H,8-11H2,1-4H3. The molecule has 0 N–H and O–H groups in total. The number of aromatic nitrogens is 3. The molecule has 0 spiro atoms. The van der Waals surface area contributed by atoms with Gasteiger partial charge in [0.1, 0.15) is 12.4 Å². The summed E-state index contributed by atoms with van der Waals surface area (Å²) < 4.78 is 23.3.